The van der Waals surface area contributed by atoms with E-state index in [1.807, 2.05) is 20.8 Å². The van der Waals surface area contributed by atoms with E-state index in [-0.39, 0.29) is 11.7 Å². The van der Waals surface area contributed by atoms with E-state index in [0.29, 0.717) is 18.7 Å². The van der Waals surface area contributed by atoms with Gasteiger partial charge in [-0.3, -0.25) is 9.48 Å². The van der Waals surface area contributed by atoms with Crippen molar-refractivity contribution < 1.29 is 10.0 Å². The number of aromatic nitrogens is 2. The Kier molecular flexibility index (Phi) is 5.35. The van der Waals surface area contributed by atoms with Gasteiger partial charge in [0.05, 0.1) is 11.7 Å². The van der Waals surface area contributed by atoms with Gasteiger partial charge in [-0.1, -0.05) is 18.5 Å². The monoisotopic (exact) mass is 267 g/mol. The minimum Gasteiger partial charge on any atom is -0.409 e. The van der Waals surface area contributed by atoms with Crippen LogP contribution >= 0.6 is 0 Å². The molecule has 1 atom stereocenters. The highest BCUT2D eigenvalue weighted by molar-refractivity contribution is 5.97. The van der Waals surface area contributed by atoms with Crippen molar-refractivity contribution in [3.8, 4) is 0 Å². The number of carbonyl (C=O) groups excluding carboxylic acids is 1. The van der Waals surface area contributed by atoms with Gasteiger partial charge in [-0.15, -0.1) is 0 Å². The molecule has 0 bridgehead atoms. The fourth-order valence-corrected chi connectivity index (χ4v) is 1.85. The van der Waals surface area contributed by atoms with Gasteiger partial charge in [-0.05, 0) is 26.3 Å². The fraction of sp³-hybridized carbons (Fsp3) is 0.583. The molecule has 0 fully saturated rings. The molecule has 1 rings (SSSR count). The molecule has 0 saturated heterocycles. The predicted octanol–water partition coefficient (Wildman–Crippen LogP) is 0.856. The number of hydrogen-bond acceptors (Lipinski definition) is 4. The lowest BCUT2D eigenvalue weighted by Crippen LogP contribution is -2.45. The second-order valence-corrected chi connectivity index (χ2v) is 4.33. The van der Waals surface area contributed by atoms with Gasteiger partial charge < -0.3 is 16.3 Å². The average molecular weight is 267 g/mol. The summed E-state index contributed by atoms with van der Waals surface area (Å²) >= 11 is 0. The first-order chi connectivity index (χ1) is 9.03. The van der Waals surface area contributed by atoms with E-state index >= 15 is 0 Å². The van der Waals surface area contributed by atoms with Crippen LogP contribution in [0.1, 0.15) is 42.9 Å². The smallest absolute Gasteiger partial charge is 0.270 e. The molecule has 1 aromatic heterocycles. The van der Waals surface area contributed by atoms with Crippen LogP contribution in [-0.4, -0.2) is 32.8 Å². The normalized spacial score (nSPS) is 13.3. The maximum absolute atomic E-state index is 12.2. The van der Waals surface area contributed by atoms with Gasteiger partial charge in [-0.2, -0.15) is 5.10 Å². The number of nitrogens with zero attached hydrogens (tertiary/aromatic N) is 3. The summed E-state index contributed by atoms with van der Waals surface area (Å²) in [6.07, 6.45) is 1.42. The van der Waals surface area contributed by atoms with Crippen LogP contribution in [0.4, 0.5) is 0 Å². The molecule has 0 spiro atoms. The van der Waals surface area contributed by atoms with Crippen LogP contribution in [0.5, 0.6) is 0 Å². The van der Waals surface area contributed by atoms with Crippen molar-refractivity contribution >= 4 is 11.7 Å². The second kappa shape index (κ2) is 6.77. The van der Waals surface area contributed by atoms with Crippen LogP contribution in [0.25, 0.3) is 0 Å². The zero-order valence-corrected chi connectivity index (χ0v) is 11.6. The van der Waals surface area contributed by atoms with E-state index < -0.39 is 6.04 Å². The number of oxime groups is 1. The Labute approximate surface area is 112 Å². The van der Waals surface area contributed by atoms with E-state index in [4.69, 9.17) is 10.9 Å². The summed E-state index contributed by atoms with van der Waals surface area (Å²) in [5.41, 5.74) is 6.83. The molecule has 19 heavy (non-hydrogen) atoms. The zero-order chi connectivity index (χ0) is 14.4. The van der Waals surface area contributed by atoms with Crippen molar-refractivity contribution in [2.75, 3.05) is 0 Å². The summed E-state index contributed by atoms with van der Waals surface area (Å²) in [5.74, 6) is -0.262. The van der Waals surface area contributed by atoms with Crippen molar-refractivity contribution in [2.45, 2.75) is 46.2 Å². The summed E-state index contributed by atoms with van der Waals surface area (Å²) in [6.45, 7) is 6.31. The first kappa shape index (κ1) is 15.0. The van der Waals surface area contributed by atoms with Crippen molar-refractivity contribution in [1.29, 1.82) is 0 Å². The Balaban J connectivity index is 2.87. The number of nitrogens with two attached hydrogens (primary N) is 1. The van der Waals surface area contributed by atoms with Crippen LogP contribution in [0.2, 0.25) is 0 Å². The minimum absolute atomic E-state index is 0.00878. The van der Waals surface area contributed by atoms with Crippen LogP contribution in [-0.2, 0) is 6.54 Å². The third kappa shape index (κ3) is 3.70. The van der Waals surface area contributed by atoms with Gasteiger partial charge in [0.25, 0.3) is 5.91 Å². The van der Waals surface area contributed by atoms with Gasteiger partial charge in [0, 0.05) is 6.54 Å². The van der Waals surface area contributed by atoms with E-state index in [9.17, 15) is 4.79 Å². The van der Waals surface area contributed by atoms with Crippen LogP contribution in [0, 0.1) is 6.92 Å². The number of hydrogen-bond donors (Lipinski definition) is 3. The van der Waals surface area contributed by atoms with Gasteiger partial charge in [0.15, 0.2) is 5.84 Å². The predicted molar refractivity (Wildman–Crippen MR) is 72.2 cm³/mol. The topological polar surface area (TPSA) is 106 Å². The lowest BCUT2D eigenvalue weighted by molar-refractivity contribution is 0.0934. The molecule has 0 aliphatic heterocycles. The van der Waals surface area contributed by atoms with E-state index in [1.165, 1.54) is 0 Å². The third-order valence-corrected chi connectivity index (χ3v) is 2.79. The second-order valence-electron chi connectivity index (χ2n) is 4.33. The summed E-state index contributed by atoms with van der Waals surface area (Å²) in [6, 6.07) is 1.25. The van der Waals surface area contributed by atoms with E-state index in [2.05, 4.69) is 15.6 Å². The third-order valence-electron chi connectivity index (χ3n) is 2.79. The maximum atomic E-state index is 12.2. The standard InChI is InChI=1S/C12H21N5O2/c1-4-6-9(11(13)16-19)14-12(18)10-7-8(3)15-17(10)5-2/h7,9,19H,4-6H2,1-3H3,(H2,13,16)(H,14,18). The zero-order valence-electron chi connectivity index (χ0n) is 11.6. The van der Waals surface area contributed by atoms with E-state index in [1.54, 1.807) is 10.7 Å². The molecule has 1 amide bonds. The highest BCUT2D eigenvalue weighted by Gasteiger charge is 2.20. The minimum atomic E-state index is -0.469. The quantitative estimate of drug-likeness (QED) is 0.307. The van der Waals surface area contributed by atoms with Crippen molar-refractivity contribution in [3.05, 3.63) is 17.5 Å². The van der Waals surface area contributed by atoms with Crippen molar-refractivity contribution in [1.82, 2.24) is 15.1 Å². The van der Waals surface area contributed by atoms with Crippen LogP contribution in [0.15, 0.2) is 11.2 Å². The fourth-order valence-electron chi connectivity index (χ4n) is 1.85. The molecule has 106 valence electrons. The molecule has 7 heteroatoms. The molecular formula is C12H21N5O2. The van der Waals surface area contributed by atoms with E-state index in [0.717, 1.165) is 12.1 Å². The van der Waals surface area contributed by atoms with Gasteiger partial charge in [0.2, 0.25) is 0 Å². The molecule has 0 aromatic carbocycles. The molecule has 0 radical (unpaired) electrons. The summed E-state index contributed by atoms with van der Waals surface area (Å²) in [4.78, 5) is 12.2. The Bertz CT molecular complexity index is 467. The Morgan fingerprint density at radius 2 is 2.32 bits per heavy atom. The first-order valence-electron chi connectivity index (χ1n) is 6.36. The lowest BCUT2D eigenvalue weighted by Gasteiger charge is -2.16. The Morgan fingerprint density at radius 1 is 1.63 bits per heavy atom. The highest BCUT2D eigenvalue weighted by Crippen LogP contribution is 2.05. The Hall–Kier alpha value is -2.05. The molecule has 0 aliphatic rings. The SMILES string of the molecule is CCCC(NC(=O)c1cc(C)nn1CC)C(N)=NO. The van der Waals surface area contributed by atoms with Gasteiger partial charge in [0.1, 0.15) is 5.69 Å². The van der Waals surface area contributed by atoms with Crippen molar-refractivity contribution in [3.63, 3.8) is 0 Å². The number of carbonyl (C=O) groups is 1. The van der Waals surface area contributed by atoms with Gasteiger partial charge >= 0.3 is 0 Å². The molecular weight excluding hydrogens is 246 g/mol. The Morgan fingerprint density at radius 3 is 2.84 bits per heavy atom. The van der Waals surface area contributed by atoms with Crippen LogP contribution < -0.4 is 11.1 Å². The maximum Gasteiger partial charge on any atom is 0.270 e. The summed E-state index contributed by atoms with van der Waals surface area (Å²) in [5, 5.41) is 18.6. The molecule has 1 heterocycles. The number of rotatable bonds is 6. The average Bonchev–Trinajstić information content (AvgIpc) is 2.78. The number of amides is 1. The lowest BCUT2D eigenvalue weighted by atomic mass is 10.1. The molecule has 4 N–H and O–H groups in total. The van der Waals surface area contributed by atoms with Crippen molar-refractivity contribution in [2.24, 2.45) is 10.9 Å². The number of aryl methyl sites for hydroxylation is 2. The summed E-state index contributed by atoms with van der Waals surface area (Å²) < 4.78 is 1.62. The first-order valence-corrected chi connectivity index (χ1v) is 6.36. The molecule has 0 saturated carbocycles. The molecule has 0 aliphatic carbocycles. The number of nitrogens with one attached hydrogen (secondary N) is 1. The molecule has 1 unspecified atom stereocenters. The van der Waals surface area contributed by atoms with Crippen LogP contribution in [0.3, 0.4) is 0 Å². The number of amidine groups is 1. The summed E-state index contributed by atoms with van der Waals surface area (Å²) in [7, 11) is 0. The molecule has 1 aromatic rings. The highest BCUT2D eigenvalue weighted by atomic mass is 16.4. The van der Waals surface area contributed by atoms with Gasteiger partial charge in [-0.25, -0.2) is 0 Å². The molecule has 7 nitrogen and oxygen atoms in total. The largest absolute Gasteiger partial charge is 0.409 e.